The maximum atomic E-state index is 3.61. The van der Waals surface area contributed by atoms with Crippen LogP contribution >= 0.6 is 0 Å². The van der Waals surface area contributed by atoms with Crippen LogP contribution in [0.4, 0.5) is 0 Å². The summed E-state index contributed by atoms with van der Waals surface area (Å²) in [6, 6.07) is 10.0. The van der Waals surface area contributed by atoms with Crippen molar-refractivity contribution >= 4 is 0 Å². The van der Waals surface area contributed by atoms with Gasteiger partial charge in [-0.1, -0.05) is 56.9 Å². The number of hydrogen-bond donors (Lipinski definition) is 1. The summed E-state index contributed by atoms with van der Waals surface area (Å²) in [5.74, 6) is 0.849. The quantitative estimate of drug-likeness (QED) is 0.795. The third kappa shape index (κ3) is 2.65. The van der Waals surface area contributed by atoms with E-state index in [9.17, 15) is 0 Å². The average molecular weight is 271 g/mol. The Kier molecular flexibility index (Phi) is 4.16. The summed E-state index contributed by atoms with van der Waals surface area (Å²) in [6.45, 7) is 2.48. The molecule has 3 rings (SSSR count). The van der Waals surface area contributed by atoms with Gasteiger partial charge in [-0.25, -0.2) is 0 Å². The molecule has 0 heterocycles. The summed E-state index contributed by atoms with van der Waals surface area (Å²) >= 11 is 0. The Bertz CT molecular complexity index is 424. The van der Waals surface area contributed by atoms with Gasteiger partial charge in [0.05, 0.1) is 0 Å². The van der Waals surface area contributed by atoms with Gasteiger partial charge in [0.1, 0.15) is 0 Å². The van der Waals surface area contributed by atoms with E-state index in [4.69, 9.17) is 0 Å². The van der Waals surface area contributed by atoms with E-state index < -0.39 is 0 Å². The van der Waals surface area contributed by atoms with Gasteiger partial charge in [0, 0.05) is 6.04 Å². The topological polar surface area (TPSA) is 12.0 Å². The maximum absolute atomic E-state index is 3.61. The standard InChI is InChI=1S/C19H29N/c1-19(13-4-3-5-14-19)18(20-2)17-11-9-16(10-12-17)15-7-6-8-15/h9-12,15,18,20H,3-8,13-14H2,1-2H3. The van der Waals surface area contributed by atoms with Crippen molar-refractivity contribution in [1.29, 1.82) is 0 Å². The smallest absolute Gasteiger partial charge is 0.0372 e. The fraction of sp³-hybridized carbons (Fsp3) is 0.684. The highest BCUT2D eigenvalue weighted by Gasteiger charge is 2.35. The van der Waals surface area contributed by atoms with Crippen molar-refractivity contribution in [2.24, 2.45) is 5.41 Å². The van der Waals surface area contributed by atoms with Crippen molar-refractivity contribution in [2.75, 3.05) is 7.05 Å². The van der Waals surface area contributed by atoms with Crippen LogP contribution in [0.5, 0.6) is 0 Å². The summed E-state index contributed by atoms with van der Waals surface area (Å²) in [5, 5.41) is 3.61. The van der Waals surface area contributed by atoms with Gasteiger partial charge >= 0.3 is 0 Å². The highest BCUT2D eigenvalue weighted by atomic mass is 14.9. The molecule has 0 spiro atoms. The zero-order valence-electron chi connectivity index (χ0n) is 13.1. The van der Waals surface area contributed by atoms with Gasteiger partial charge in [-0.3, -0.25) is 0 Å². The number of benzene rings is 1. The van der Waals surface area contributed by atoms with Crippen LogP contribution in [0.3, 0.4) is 0 Å². The molecule has 0 amide bonds. The van der Waals surface area contributed by atoms with E-state index in [0.717, 1.165) is 5.92 Å². The van der Waals surface area contributed by atoms with Crippen LogP contribution < -0.4 is 5.32 Å². The second-order valence-corrected chi connectivity index (χ2v) is 7.23. The first-order chi connectivity index (χ1) is 9.73. The second kappa shape index (κ2) is 5.89. The van der Waals surface area contributed by atoms with Gasteiger partial charge in [-0.2, -0.15) is 0 Å². The summed E-state index contributed by atoms with van der Waals surface area (Å²) < 4.78 is 0. The van der Waals surface area contributed by atoms with E-state index in [-0.39, 0.29) is 0 Å². The Morgan fingerprint density at radius 3 is 2.15 bits per heavy atom. The summed E-state index contributed by atoms with van der Waals surface area (Å²) in [6.07, 6.45) is 11.2. The summed E-state index contributed by atoms with van der Waals surface area (Å²) in [5.41, 5.74) is 3.48. The molecule has 1 aromatic carbocycles. The molecule has 1 atom stereocenters. The molecule has 20 heavy (non-hydrogen) atoms. The van der Waals surface area contributed by atoms with Crippen LogP contribution in [0.2, 0.25) is 0 Å². The van der Waals surface area contributed by atoms with Crippen molar-refractivity contribution in [1.82, 2.24) is 5.32 Å². The fourth-order valence-corrected chi connectivity index (χ4v) is 4.27. The molecule has 1 unspecified atom stereocenters. The number of hydrogen-bond acceptors (Lipinski definition) is 1. The van der Waals surface area contributed by atoms with Gasteiger partial charge in [0.25, 0.3) is 0 Å². The molecule has 2 fully saturated rings. The molecular weight excluding hydrogens is 242 g/mol. The van der Waals surface area contributed by atoms with Crippen molar-refractivity contribution in [3.8, 4) is 0 Å². The minimum absolute atomic E-state index is 0.436. The monoisotopic (exact) mass is 271 g/mol. The van der Waals surface area contributed by atoms with E-state index in [2.05, 4.69) is 43.6 Å². The average Bonchev–Trinajstić information content (AvgIpc) is 2.40. The molecule has 2 saturated carbocycles. The molecule has 1 heteroatoms. The predicted molar refractivity (Wildman–Crippen MR) is 86.0 cm³/mol. The van der Waals surface area contributed by atoms with Crippen LogP contribution in [0, 0.1) is 5.41 Å². The Hall–Kier alpha value is -0.820. The van der Waals surface area contributed by atoms with Gasteiger partial charge in [0.2, 0.25) is 0 Å². The SMILES string of the molecule is CNC(c1ccc(C2CCC2)cc1)C1(C)CCCCC1. The molecule has 1 aromatic rings. The lowest BCUT2D eigenvalue weighted by Gasteiger charge is -2.41. The van der Waals surface area contributed by atoms with Gasteiger partial charge in [-0.05, 0) is 55.2 Å². The van der Waals surface area contributed by atoms with Crippen LogP contribution in [-0.2, 0) is 0 Å². The molecular formula is C19H29N. The molecule has 0 aliphatic heterocycles. The molecule has 1 nitrogen and oxygen atoms in total. The van der Waals surface area contributed by atoms with E-state index in [1.807, 2.05) is 0 Å². The minimum Gasteiger partial charge on any atom is -0.313 e. The molecule has 1 N–H and O–H groups in total. The van der Waals surface area contributed by atoms with Crippen LogP contribution in [0.15, 0.2) is 24.3 Å². The third-order valence-electron chi connectivity index (χ3n) is 5.83. The van der Waals surface area contributed by atoms with E-state index in [1.165, 1.54) is 56.9 Å². The normalized spacial score (nSPS) is 24.1. The largest absolute Gasteiger partial charge is 0.313 e. The molecule has 110 valence electrons. The van der Waals surface area contributed by atoms with E-state index in [0.29, 0.717) is 11.5 Å². The molecule has 0 saturated heterocycles. The Balaban J connectivity index is 1.77. The Morgan fingerprint density at radius 2 is 1.65 bits per heavy atom. The van der Waals surface area contributed by atoms with Crippen LogP contribution in [0.1, 0.15) is 81.4 Å². The lowest BCUT2D eigenvalue weighted by atomic mass is 9.68. The van der Waals surface area contributed by atoms with Crippen molar-refractivity contribution < 1.29 is 0 Å². The fourth-order valence-electron chi connectivity index (χ4n) is 4.27. The second-order valence-electron chi connectivity index (χ2n) is 7.23. The van der Waals surface area contributed by atoms with Crippen LogP contribution in [-0.4, -0.2) is 7.05 Å². The molecule has 0 bridgehead atoms. The van der Waals surface area contributed by atoms with Gasteiger partial charge in [0.15, 0.2) is 0 Å². The minimum atomic E-state index is 0.436. The highest BCUT2D eigenvalue weighted by Crippen LogP contribution is 2.46. The Labute approximate surface area is 124 Å². The van der Waals surface area contributed by atoms with Crippen LogP contribution in [0.25, 0.3) is 0 Å². The van der Waals surface area contributed by atoms with E-state index in [1.54, 1.807) is 5.56 Å². The van der Waals surface area contributed by atoms with E-state index >= 15 is 0 Å². The number of nitrogens with one attached hydrogen (secondary N) is 1. The first-order valence-corrected chi connectivity index (χ1v) is 8.50. The first-order valence-electron chi connectivity index (χ1n) is 8.50. The number of rotatable bonds is 4. The van der Waals surface area contributed by atoms with Gasteiger partial charge in [-0.15, -0.1) is 0 Å². The maximum Gasteiger partial charge on any atom is 0.0372 e. The van der Waals surface area contributed by atoms with Crippen molar-refractivity contribution in [3.63, 3.8) is 0 Å². The summed E-state index contributed by atoms with van der Waals surface area (Å²) in [4.78, 5) is 0. The predicted octanol–water partition coefficient (Wildman–Crippen LogP) is 5.19. The molecule has 2 aliphatic carbocycles. The zero-order chi connectivity index (χ0) is 14.0. The van der Waals surface area contributed by atoms with Gasteiger partial charge < -0.3 is 5.32 Å². The third-order valence-corrected chi connectivity index (χ3v) is 5.83. The first kappa shape index (κ1) is 14.1. The zero-order valence-corrected chi connectivity index (χ0v) is 13.1. The summed E-state index contributed by atoms with van der Waals surface area (Å²) in [7, 11) is 2.13. The lowest BCUT2D eigenvalue weighted by molar-refractivity contribution is 0.150. The van der Waals surface area contributed by atoms with Crippen molar-refractivity contribution in [3.05, 3.63) is 35.4 Å². The molecule has 0 aromatic heterocycles. The molecule has 2 aliphatic rings. The van der Waals surface area contributed by atoms with Crippen molar-refractivity contribution in [2.45, 2.75) is 70.3 Å². The molecule has 0 radical (unpaired) electrons. The lowest BCUT2D eigenvalue weighted by Crippen LogP contribution is -2.36. The highest BCUT2D eigenvalue weighted by molar-refractivity contribution is 5.29. The Morgan fingerprint density at radius 1 is 1.00 bits per heavy atom.